The summed E-state index contributed by atoms with van der Waals surface area (Å²) in [6.45, 7) is 3.24. The van der Waals surface area contributed by atoms with E-state index in [2.05, 4.69) is 21.7 Å². The Labute approximate surface area is 54.3 Å². The second-order valence-electron chi connectivity index (χ2n) is 2.81. The molecule has 1 spiro atoms. The van der Waals surface area contributed by atoms with E-state index < -0.39 is 0 Å². The van der Waals surface area contributed by atoms with Crippen molar-refractivity contribution in [2.75, 3.05) is 19.6 Å². The number of hydrogen-bond acceptors (Lipinski definition) is 4. The number of rotatable bonds is 0. The Morgan fingerprint density at radius 3 is 2.78 bits per heavy atom. The fraction of sp³-hybridized carbons (Fsp3) is 1.00. The molecule has 4 N–H and O–H groups in total. The van der Waals surface area contributed by atoms with Crippen LogP contribution in [0.5, 0.6) is 0 Å². The minimum Gasteiger partial charge on any atom is -0.315 e. The van der Waals surface area contributed by atoms with Gasteiger partial charge in [-0.3, -0.25) is 0 Å². The lowest BCUT2D eigenvalue weighted by Gasteiger charge is -2.18. The van der Waals surface area contributed by atoms with Gasteiger partial charge in [-0.1, -0.05) is 0 Å². The van der Waals surface area contributed by atoms with Crippen LogP contribution in [0.4, 0.5) is 0 Å². The summed E-state index contributed by atoms with van der Waals surface area (Å²) in [6.07, 6.45) is 1.22. The van der Waals surface area contributed by atoms with Crippen LogP contribution in [0.1, 0.15) is 6.42 Å². The maximum atomic E-state index is 3.31. The monoisotopic (exact) mass is 128 g/mol. The van der Waals surface area contributed by atoms with Gasteiger partial charge in [-0.05, 0) is 13.0 Å². The van der Waals surface area contributed by atoms with Crippen molar-refractivity contribution in [3.8, 4) is 0 Å². The molecule has 0 saturated carbocycles. The Morgan fingerprint density at radius 2 is 2.22 bits per heavy atom. The molecule has 0 aliphatic carbocycles. The second-order valence-corrected chi connectivity index (χ2v) is 2.81. The first-order valence-electron chi connectivity index (χ1n) is 3.37. The predicted molar refractivity (Wildman–Crippen MR) is 34.5 cm³/mol. The fourth-order valence-electron chi connectivity index (χ4n) is 1.44. The number of nitrogens with one attached hydrogen (secondary N) is 4. The molecule has 0 radical (unpaired) electrons. The van der Waals surface area contributed by atoms with Gasteiger partial charge in [0, 0.05) is 13.1 Å². The van der Waals surface area contributed by atoms with Gasteiger partial charge in [0.1, 0.15) is 0 Å². The van der Waals surface area contributed by atoms with E-state index in [1.165, 1.54) is 6.42 Å². The zero-order valence-corrected chi connectivity index (χ0v) is 5.33. The molecule has 0 aromatic carbocycles. The van der Waals surface area contributed by atoms with Gasteiger partial charge in [0.25, 0.3) is 0 Å². The topological polar surface area (TPSA) is 48.1 Å². The molecular formula is C5H12N4. The summed E-state index contributed by atoms with van der Waals surface area (Å²) >= 11 is 0. The van der Waals surface area contributed by atoms with Crippen molar-refractivity contribution in [3.63, 3.8) is 0 Å². The molecule has 4 heteroatoms. The molecule has 0 aromatic rings. The van der Waals surface area contributed by atoms with E-state index in [4.69, 9.17) is 0 Å². The Balaban J connectivity index is 2.04. The highest BCUT2D eigenvalue weighted by Crippen LogP contribution is 2.13. The van der Waals surface area contributed by atoms with Gasteiger partial charge in [-0.2, -0.15) is 5.53 Å². The maximum absolute atomic E-state index is 3.31. The van der Waals surface area contributed by atoms with E-state index in [0.717, 1.165) is 19.6 Å². The van der Waals surface area contributed by atoms with Crippen LogP contribution in [0.15, 0.2) is 0 Å². The van der Waals surface area contributed by atoms with Gasteiger partial charge in [0.2, 0.25) is 0 Å². The van der Waals surface area contributed by atoms with Crippen LogP contribution >= 0.6 is 0 Å². The van der Waals surface area contributed by atoms with Gasteiger partial charge in [0.05, 0.1) is 5.54 Å². The van der Waals surface area contributed by atoms with Crippen molar-refractivity contribution in [2.45, 2.75) is 12.0 Å². The van der Waals surface area contributed by atoms with Crippen molar-refractivity contribution in [3.05, 3.63) is 0 Å². The summed E-state index contributed by atoms with van der Waals surface area (Å²) < 4.78 is 0. The van der Waals surface area contributed by atoms with E-state index in [1.54, 1.807) is 0 Å². The van der Waals surface area contributed by atoms with Crippen molar-refractivity contribution < 1.29 is 0 Å². The molecule has 2 rings (SSSR count). The quantitative estimate of drug-likeness (QED) is 0.315. The van der Waals surface area contributed by atoms with Crippen LogP contribution in [-0.4, -0.2) is 25.2 Å². The molecule has 0 aromatic heterocycles. The lowest BCUT2D eigenvalue weighted by Crippen LogP contribution is -2.47. The van der Waals surface area contributed by atoms with E-state index in [1.807, 2.05) is 0 Å². The fourth-order valence-corrected chi connectivity index (χ4v) is 1.44. The molecular weight excluding hydrogens is 116 g/mol. The first kappa shape index (κ1) is 5.61. The van der Waals surface area contributed by atoms with E-state index >= 15 is 0 Å². The van der Waals surface area contributed by atoms with Crippen LogP contribution in [0, 0.1) is 0 Å². The summed E-state index contributed by atoms with van der Waals surface area (Å²) in [5.41, 5.74) is 9.48. The number of hydrazine groups is 2. The minimum absolute atomic E-state index is 0.306. The van der Waals surface area contributed by atoms with Crippen molar-refractivity contribution in [1.82, 2.24) is 21.7 Å². The van der Waals surface area contributed by atoms with Crippen LogP contribution in [-0.2, 0) is 0 Å². The third kappa shape index (κ3) is 0.840. The summed E-state index contributed by atoms with van der Waals surface area (Å²) in [5.74, 6) is 0. The standard InChI is InChI=1S/C5H12N4/c1-2-6-3-5(1)4-7-9-8-5/h6-9H,1-4H2. The summed E-state index contributed by atoms with van der Waals surface area (Å²) in [6, 6.07) is 0. The smallest absolute Gasteiger partial charge is 0.0611 e. The van der Waals surface area contributed by atoms with E-state index in [0.29, 0.717) is 5.54 Å². The highest BCUT2D eigenvalue weighted by molar-refractivity contribution is 4.98. The molecule has 52 valence electrons. The molecule has 0 amide bonds. The zero-order valence-electron chi connectivity index (χ0n) is 5.33. The van der Waals surface area contributed by atoms with E-state index in [-0.39, 0.29) is 0 Å². The Hall–Kier alpha value is -0.160. The van der Waals surface area contributed by atoms with Crippen LogP contribution in [0.3, 0.4) is 0 Å². The minimum atomic E-state index is 0.306. The average Bonchev–Trinajstić information content (AvgIpc) is 2.45. The molecule has 0 bridgehead atoms. The van der Waals surface area contributed by atoms with Crippen molar-refractivity contribution in [1.29, 1.82) is 0 Å². The second kappa shape index (κ2) is 1.91. The van der Waals surface area contributed by atoms with Gasteiger partial charge in [0.15, 0.2) is 0 Å². The Morgan fingerprint density at radius 1 is 1.22 bits per heavy atom. The third-order valence-electron chi connectivity index (χ3n) is 2.09. The molecule has 9 heavy (non-hydrogen) atoms. The highest BCUT2D eigenvalue weighted by atomic mass is 15.7. The predicted octanol–water partition coefficient (Wildman–Crippen LogP) is -1.67. The molecule has 2 heterocycles. The highest BCUT2D eigenvalue weighted by Gasteiger charge is 2.36. The first-order valence-corrected chi connectivity index (χ1v) is 3.37. The zero-order chi connectivity index (χ0) is 6.16. The molecule has 2 fully saturated rings. The molecule has 1 atom stereocenters. The van der Waals surface area contributed by atoms with Gasteiger partial charge < -0.3 is 5.32 Å². The lowest BCUT2D eigenvalue weighted by molar-refractivity contribution is 0.408. The normalized spacial score (nSPS) is 42.7. The largest absolute Gasteiger partial charge is 0.315 e. The van der Waals surface area contributed by atoms with Crippen LogP contribution < -0.4 is 21.7 Å². The Bertz CT molecular complexity index is 84.0. The third-order valence-corrected chi connectivity index (χ3v) is 2.09. The number of hydrogen-bond donors (Lipinski definition) is 4. The molecule has 2 aliphatic heterocycles. The van der Waals surface area contributed by atoms with Gasteiger partial charge in [-0.15, -0.1) is 0 Å². The van der Waals surface area contributed by atoms with Crippen LogP contribution in [0.2, 0.25) is 0 Å². The Kier molecular flexibility index (Phi) is 1.19. The van der Waals surface area contributed by atoms with Gasteiger partial charge >= 0.3 is 0 Å². The molecule has 2 saturated heterocycles. The van der Waals surface area contributed by atoms with Crippen molar-refractivity contribution >= 4 is 0 Å². The SMILES string of the molecule is C1CC2(CN1)CNNN2. The molecule has 1 unspecified atom stereocenters. The van der Waals surface area contributed by atoms with Crippen LogP contribution in [0.25, 0.3) is 0 Å². The molecule has 2 aliphatic rings. The van der Waals surface area contributed by atoms with Crippen molar-refractivity contribution in [2.24, 2.45) is 0 Å². The average molecular weight is 128 g/mol. The molecule has 4 nitrogen and oxygen atoms in total. The summed E-state index contributed by atoms with van der Waals surface area (Å²) in [7, 11) is 0. The lowest BCUT2D eigenvalue weighted by atomic mass is 10.0. The summed E-state index contributed by atoms with van der Waals surface area (Å²) in [5, 5.41) is 3.31. The van der Waals surface area contributed by atoms with E-state index in [9.17, 15) is 0 Å². The summed E-state index contributed by atoms with van der Waals surface area (Å²) in [4.78, 5) is 0. The van der Waals surface area contributed by atoms with Gasteiger partial charge in [-0.25, -0.2) is 10.9 Å². The first-order chi connectivity index (χ1) is 4.41. The maximum Gasteiger partial charge on any atom is 0.0611 e.